The number of hydrogen-bond donors (Lipinski definition) is 0. The summed E-state index contributed by atoms with van der Waals surface area (Å²) in [4.78, 5) is 14.7. The first-order valence-corrected chi connectivity index (χ1v) is 9.11. The Hall–Kier alpha value is -3.47. The van der Waals surface area contributed by atoms with Gasteiger partial charge in [-0.25, -0.2) is 0 Å². The van der Waals surface area contributed by atoms with Crippen molar-refractivity contribution in [1.29, 1.82) is 0 Å². The number of aryl methyl sites for hydroxylation is 1. The van der Waals surface area contributed by atoms with Gasteiger partial charge in [0.25, 0.3) is 5.91 Å². The maximum absolute atomic E-state index is 13.1. The summed E-state index contributed by atoms with van der Waals surface area (Å²) in [5.41, 5.74) is 1.41. The van der Waals surface area contributed by atoms with Crippen LogP contribution in [0, 0.1) is 6.92 Å². The zero-order valence-corrected chi connectivity index (χ0v) is 15.8. The van der Waals surface area contributed by atoms with Crippen molar-refractivity contribution in [1.82, 2.24) is 4.90 Å². The average Bonchev–Trinajstić information content (AvgIpc) is 3.29. The Labute approximate surface area is 163 Å². The predicted molar refractivity (Wildman–Crippen MR) is 106 cm³/mol. The summed E-state index contributed by atoms with van der Waals surface area (Å²) in [7, 11) is 1.73. The fraction of sp³-hybridized carbons (Fsp3) is 0.174. The molecule has 5 nitrogen and oxygen atoms in total. The maximum Gasteiger partial charge on any atom is 0.290 e. The van der Waals surface area contributed by atoms with Crippen LogP contribution in [0.2, 0.25) is 0 Å². The number of hydrogen-bond acceptors (Lipinski definition) is 4. The summed E-state index contributed by atoms with van der Waals surface area (Å²) in [6.45, 7) is 2.49. The second-order valence-electron chi connectivity index (χ2n) is 6.68. The lowest BCUT2D eigenvalue weighted by atomic mass is 10.1. The Morgan fingerprint density at radius 3 is 2.46 bits per heavy atom. The highest BCUT2D eigenvalue weighted by atomic mass is 16.5. The number of nitrogens with zero attached hydrogens (tertiary/aromatic N) is 1. The molecule has 142 valence electrons. The Bertz CT molecular complexity index is 1090. The van der Waals surface area contributed by atoms with E-state index >= 15 is 0 Å². The van der Waals surface area contributed by atoms with Gasteiger partial charge in [-0.2, -0.15) is 0 Å². The minimum atomic E-state index is -0.211. The van der Waals surface area contributed by atoms with E-state index in [4.69, 9.17) is 13.6 Å². The second kappa shape index (κ2) is 7.64. The van der Waals surface area contributed by atoms with Gasteiger partial charge in [0.05, 0.1) is 6.54 Å². The lowest BCUT2D eigenvalue weighted by Crippen LogP contribution is -2.26. The van der Waals surface area contributed by atoms with Crippen molar-refractivity contribution >= 4 is 16.9 Å². The zero-order valence-electron chi connectivity index (χ0n) is 15.8. The average molecular weight is 375 g/mol. The number of carbonyl (C=O) groups is 1. The van der Waals surface area contributed by atoms with Crippen LogP contribution in [0.25, 0.3) is 11.0 Å². The van der Waals surface area contributed by atoms with Crippen molar-refractivity contribution in [2.24, 2.45) is 0 Å². The smallest absolute Gasteiger partial charge is 0.290 e. The molecule has 0 aliphatic rings. The van der Waals surface area contributed by atoms with Crippen LogP contribution < -0.4 is 4.74 Å². The number of benzene rings is 2. The van der Waals surface area contributed by atoms with Crippen LogP contribution in [0.15, 0.2) is 75.6 Å². The third-order valence-electron chi connectivity index (χ3n) is 4.55. The van der Waals surface area contributed by atoms with E-state index in [2.05, 4.69) is 0 Å². The van der Waals surface area contributed by atoms with Crippen molar-refractivity contribution in [2.45, 2.75) is 20.1 Å². The Morgan fingerprint density at radius 2 is 1.71 bits per heavy atom. The highest BCUT2D eigenvalue weighted by molar-refractivity contribution is 5.98. The van der Waals surface area contributed by atoms with Crippen molar-refractivity contribution in [3.63, 3.8) is 0 Å². The normalized spacial score (nSPS) is 10.9. The lowest BCUT2D eigenvalue weighted by Gasteiger charge is -2.15. The van der Waals surface area contributed by atoms with Crippen LogP contribution >= 0.6 is 0 Å². The largest absolute Gasteiger partial charge is 0.489 e. The van der Waals surface area contributed by atoms with E-state index in [0.717, 1.165) is 28.2 Å². The number of ether oxygens (including phenoxy) is 1. The molecule has 2 aromatic carbocycles. The molecule has 0 fully saturated rings. The van der Waals surface area contributed by atoms with E-state index in [1.165, 1.54) is 0 Å². The number of para-hydroxylation sites is 2. The quantitative estimate of drug-likeness (QED) is 0.466. The van der Waals surface area contributed by atoms with Gasteiger partial charge < -0.3 is 18.5 Å². The molecule has 0 N–H and O–H groups in total. The molecule has 0 spiro atoms. The molecule has 0 bridgehead atoms. The Morgan fingerprint density at radius 1 is 0.964 bits per heavy atom. The molecular formula is C23H21NO4. The predicted octanol–water partition coefficient (Wildman–Crippen LogP) is 5.19. The number of carbonyl (C=O) groups excluding carboxylic acids is 1. The van der Waals surface area contributed by atoms with Gasteiger partial charge in [-0.3, -0.25) is 4.79 Å². The van der Waals surface area contributed by atoms with Gasteiger partial charge in [-0.1, -0.05) is 36.4 Å². The van der Waals surface area contributed by atoms with Gasteiger partial charge in [0.2, 0.25) is 0 Å². The molecular weight excluding hydrogens is 354 g/mol. The van der Waals surface area contributed by atoms with Crippen LogP contribution in [0.5, 0.6) is 5.75 Å². The topological polar surface area (TPSA) is 55.8 Å². The molecule has 0 aliphatic heterocycles. The molecule has 0 saturated heterocycles. The van der Waals surface area contributed by atoms with Gasteiger partial charge >= 0.3 is 0 Å². The van der Waals surface area contributed by atoms with Gasteiger partial charge in [0.15, 0.2) is 5.76 Å². The van der Waals surface area contributed by atoms with Gasteiger partial charge in [0, 0.05) is 18.0 Å². The molecule has 4 rings (SSSR count). The van der Waals surface area contributed by atoms with Gasteiger partial charge in [0.1, 0.15) is 29.5 Å². The molecule has 0 saturated carbocycles. The van der Waals surface area contributed by atoms with Crippen molar-refractivity contribution < 1.29 is 18.4 Å². The summed E-state index contributed by atoms with van der Waals surface area (Å²) in [6.07, 6.45) is 0. The van der Waals surface area contributed by atoms with Crippen molar-refractivity contribution in [2.75, 3.05) is 7.05 Å². The fourth-order valence-electron chi connectivity index (χ4n) is 3.14. The summed E-state index contributed by atoms with van der Waals surface area (Å²) in [6, 6.07) is 20.9. The van der Waals surface area contributed by atoms with E-state index in [1.807, 2.05) is 73.7 Å². The minimum absolute atomic E-state index is 0.211. The molecule has 2 heterocycles. The van der Waals surface area contributed by atoms with Crippen molar-refractivity contribution in [3.8, 4) is 5.75 Å². The second-order valence-corrected chi connectivity index (χ2v) is 6.68. The summed E-state index contributed by atoms with van der Waals surface area (Å²) in [5.74, 6) is 2.37. The molecule has 0 unspecified atom stereocenters. The molecule has 1 amide bonds. The van der Waals surface area contributed by atoms with E-state index in [0.29, 0.717) is 17.9 Å². The number of rotatable bonds is 6. The number of furan rings is 2. The summed E-state index contributed by atoms with van der Waals surface area (Å²) < 4.78 is 17.4. The third-order valence-corrected chi connectivity index (χ3v) is 4.55. The SMILES string of the molecule is Cc1ccc(CN(C)C(=O)c2oc3ccccc3c2COc2ccccc2)o1. The monoisotopic (exact) mass is 375 g/mol. The molecule has 2 aromatic heterocycles. The first kappa shape index (κ1) is 17.9. The zero-order chi connectivity index (χ0) is 19.5. The van der Waals surface area contributed by atoms with Crippen LogP contribution in [0.3, 0.4) is 0 Å². The van der Waals surface area contributed by atoms with E-state index < -0.39 is 0 Å². The molecule has 0 radical (unpaired) electrons. The molecule has 5 heteroatoms. The molecule has 0 atom stereocenters. The van der Waals surface area contributed by atoms with E-state index in [1.54, 1.807) is 11.9 Å². The first-order chi connectivity index (χ1) is 13.6. The van der Waals surface area contributed by atoms with Crippen LogP contribution in [0.4, 0.5) is 0 Å². The minimum Gasteiger partial charge on any atom is -0.489 e. The standard InChI is InChI=1S/C23H21NO4/c1-16-12-13-18(27-16)14-24(2)23(25)22-20(15-26-17-8-4-3-5-9-17)19-10-6-7-11-21(19)28-22/h3-13H,14-15H2,1-2H3. The van der Waals surface area contributed by atoms with Gasteiger partial charge in [-0.05, 0) is 37.3 Å². The molecule has 28 heavy (non-hydrogen) atoms. The third kappa shape index (κ3) is 3.64. The van der Waals surface area contributed by atoms with Crippen LogP contribution in [0.1, 0.15) is 27.6 Å². The highest BCUT2D eigenvalue weighted by Gasteiger charge is 2.24. The molecule has 0 aliphatic carbocycles. The van der Waals surface area contributed by atoms with E-state index in [9.17, 15) is 4.79 Å². The Kier molecular flexibility index (Phi) is 4.89. The number of amides is 1. The van der Waals surface area contributed by atoms with E-state index in [-0.39, 0.29) is 12.5 Å². The number of fused-ring (bicyclic) bond motifs is 1. The van der Waals surface area contributed by atoms with Crippen LogP contribution in [-0.4, -0.2) is 17.9 Å². The Balaban J connectivity index is 1.62. The van der Waals surface area contributed by atoms with Crippen molar-refractivity contribution in [3.05, 3.63) is 89.6 Å². The highest BCUT2D eigenvalue weighted by Crippen LogP contribution is 2.28. The fourth-order valence-corrected chi connectivity index (χ4v) is 3.14. The summed E-state index contributed by atoms with van der Waals surface area (Å²) >= 11 is 0. The first-order valence-electron chi connectivity index (χ1n) is 9.11. The maximum atomic E-state index is 13.1. The molecule has 4 aromatic rings. The summed E-state index contributed by atoms with van der Waals surface area (Å²) in [5, 5.41) is 0.879. The lowest BCUT2D eigenvalue weighted by molar-refractivity contribution is 0.0742. The van der Waals surface area contributed by atoms with Crippen LogP contribution in [-0.2, 0) is 13.2 Å². The van der Waals surface area contributed by atoms with Gasteiger partial charge in [-0.15, -0.1) is 0 Å².